The number of hydrogen-bond donors (Lipinski definition) is 0. The van der Waals surface area contributed by atoms with E-state index >= 15 is 0 Å². The highest BCUT2D eigenvalue weighted by Crippen LogP contribution is 2.23. The van der Waals surface area contributed by atoms with Gasteiger partial charge < -0.3 is 9.32 Å². The second-order valence-electron chi connectivity index (χ2n) is 5.97. The fourth-order valence-electron chi connectivity index (χ4n) is 2.49. The second-order valence-corrected chi connectivity index (χ2v) is 5.97. The Morgan fingerprint density at radius 1 is 1.13 bits per heavy atom. The molecule has 0 aliphatic carbocycles. The molecule has 0 fully saturated rings. The standard InChI is InChI=1S/C19H24FNO2/c1-4-5-6-13-21(14(2)3)19(22)18-12-11-17(23-18)15-7-9-16(20)10-8-15/h7-12,14H,4-6,13H2,1-3H3. The van der Waals surface area contributed by atoms with Gasteiger partial charge in [0.1, 0.15) is 11.6 Å². The van der Waals surface area contributed by atoms with E-state index in [2.05, 4.69) is 6.92 Å². The lowest BCUT2D eigenvalue weighted by Crippen LogP contribution is -2.37. The summed E-state index contributed by atoms with van der Waals surface area (Å²) in [5.74, 6) is 0.517. The SMILES string of the molecule is CCCCCN(C(=O)c1ccc(-c2ccc(F)cc2)o1)C(C)C. The summed E-state index contributed by atoms with van der Waals surface area (Å²) in [7, 11) is 0. The van der Waals surface area contributed by atoms with Crippen LogP contribution >= 0.6 is 0 Å². The molecule has 0 atom stereocenters. The molecule has 0 saturated carbocycles. The quantitative estimate of drug-likeness (QED) is 0.664. The summed E-state index contributed by atoms with van der Waals surface area (Å²) in [6.45, 7) is 6.89. The first-order valence-electron chi connectivity index (χ1n) is 8.19. The lowest BCUT2D eigenvalue weighted by Gasteiger charge is -2.25. The summed E-state index contributed by atoms with van der Waals surface area (Å²) in [5.41, 5.74) is 0.757. The Labute approximate surface area is 137 Å². The van der Waals surface area contributed by atoms with Crippen molar-refractivity contribution >= 4 is 5.91 Å². The van der Waals surface area contributed by atoms with Gasteiger partial charge in [0, 0.05) is 18.2 Å². The van der Waals surface area contributed by atoms with Gasteiger partial charge in [0.05, 0.1) is 0 Å². The van der Waals surface area contributed by atoms with Gasteiger partial charge in [-0.05, 0) is 56.7 Å². The number of amides is 1. The van der Waals surface area contributed by atoms with Gasteiger partial charge in [-0.3, -0.25) is 4.79 Å². The summed E-state index contributed by atoms with van der Waals surface area (Å²) in [4.78, 5) is 14.5. The highest BCUT2D eigenvalue weighted by Gasteiger charge is 2.21. The van der Waals surface area contributed by atoms with Gasteiger partial charge in [-0.2, -0.15) is 0 Å². The van der Waals surface area contributed by atoms with E-state index in [1.165, 1.54) is 12.1 Å². The molecule has 0 bridgehead atoms. The number of rotatable bonds is 7. The predicted octanol–water partition coefficient (Wildman–Crippen LogP) is 5.13. The first kappa shape index (κ1) is 17.3. The van der Waals surface area contributed by atoms with Crippen LogP contribution in [-0.4, -0.2) is 23.4 Å². The molecule has 0 N–H and O–H groups in total. The van der Waals surface area contributed by atoms with Crippen molar-refractivity contribution in [3.05, 3.63) is 48.0 Å². The molecule has 124 valence electrons. The normalized spacial score (nSPS) is 11.0. The number of carbonyl (C=O) groups is 1. The fourth-order valence-corrected chi connectivity index (χ4v) is 2.49. The van der Waals surface area contributed by atoms with E-state index in [0.29, 0.717) is 11.5 Å². The number of hydrogen-bond acceptors (Lipinski definition) is 2. The zero-order valence-electron chi connectivity index (χ0n) is 14.0. The van der Waals surface area contributed by atoms with E-state index in [4.69, 9.17) is 4.42 Å². The maximum absolute atomic E-state index is 13.0. The van der Waals surface area contributed by atoms with Gasteiger partial charge in [0.2, 0.25) is 0 Å². The van der Waals surface area contributed by atoms with E-state index < -0.39 is 0 Å². The van der Waals surface area contributed by atoms with Crippen LogP contribution in [0.5, 0.6) is 0 Å². The molecule has 1 heterocycles. The highest BCUT2D eigenvalue weighted by atomic mass is 19.1. The van der Waals surface area contributed by atoms with Crippen LogP contribution in [0, 0.1) is 5.82 Å². The van der Waals surface area contributed by atoms with Crippen molar-refractivity contribution in [2.24, 2.45) is 0 Å². The van der Waals surface area contributed by atoms with Crippen molar-refractivity contribution < 1.29 is 13.6 Å². The van der Waals surface area contributed by atoms with Crippen molar-refractivity contribution in [1.29, 1.82) is 0 Å². The number of nitrogens with zero attached hydrogens (tertiary/aromatic N) is 1. The molecule has 1 aromatic carbocycles. The number of halogens is 1. The van der Waals surface area contributed by atoms with E-state index in [1.54, 1.807) is 24.3 Å². The Hall–Kier alpha value is -2.10. The van der Waals surface area contributed by atoms with Crippen molar-refractivity contribution in [2.45, 2.75) is 46.1 Å². The first-order valence-corrected chi connectivity index (χ1v) is 8.19. The number of furan rings is 1. The van der Waals surface area contributed by atoms with Crippen LogP contribution < -0.4 is 0 Å². The molecule has 1 aromatic heterocycles. The second kappa shape index (κ2) is 7.95. The van der Waals surface area contributed by atoms with Gasteiger partial charge in [-0.25, -0.2) is 4.39 Å². The number of unbranched alkanes of at least 4 members (excludes halogenated alkanes) is 2. The Kier molecular flexibility index (Phi) is 5.97. The van der Waals surface area contributed by atoms with Gasteiger partial charge in [0.15, 0.2) is 5.76 Å². The summed E-state index contributed by atoms with van der Waals surface area (Å²) in [6, 6.07) is 9.61. The summed E-state index contributed by atoms with van der Waals surface area (Å²) in [5, 5.41) is 0. The van der Waals surface area contributed by atoms with Crippen molar-refractivity contribution in [1.82, 2.24) is 4.90 Å². The smallest absolute Gasteiger partial charge is 0.289 e. The molecule has 0 spiro atoms. The maximum Gasteiger partial charge on any atom is 0.289 e. The van der Waals surface area contributed by atoms with E-state index in [0.717, 1.165) is 31.4 Å². The Morgan fingerprint density at radius 3 is 2.43 bits per heavy atom. The summed E-state index contributed by atoms with van der Waals surface area (Å²) >= 11 is 0. The van der Waals surface area contributed by atoms with Crippen LogP contribution in [0.4, 0.5) is 4.39 Å². The first-order chi connectivity index (χ1) is 11.0. The van der Waals surface area contributed by atoms with E-state index in [1.807, 2.05) is 18.7 Å². The molecular weight excluding hydrogens is 293 g/mol. The van der Waals surface area contributed by atoms with Crippen molar-refractivity contribution in [3.63, 3.8) is 0 Å². The molecule has 3 nitrogen and oxygen atoms in total. The molecular formula is C19H24FNO2. The van der Waals surface area contributed by atoms with Crippen LogP contribution in [-0.2, 0) is 0 Å². The maximum atomic E-state index is 13.0. The van der Waals surface area contributed by atoms with Crippen LogP contribution in [0.15, 0.2) is 40.8 Å². The van der Waals surface area contributed by atoms with Gasteiger partial charge in [0.25, 0.3) is 5.91 Å². The van der Waals surface area contributed by atoms with Gasteiger partial charge in [-0.1, -0.05) is 19.8 Å². The molecule has 2 aromatic rings. The molecule has 23 heavy (non-hydrogen) atoms. The molecule has 4 heteroatoms. The third kappa shape index (κ3) is 4.44. The zero-order valence-corrected chi connectivity index (χ0v) is 14.0. The van der Waals surface area contributed by atoms with Crippen molar-refractivity contribution in [2.75, 3.05) is 6.54 Å². The van der Waals surface area contributed by atoms with Crippen LogP contribution in [0.25, 0.3) is 11.3 Å². The Morgan fingerprint density at radius 2 is 1.83 bits per heavy atom. The number of benzene rings is 1. The molecule has 0 aliphatic heterocycles. The van der Waals surface area contributed by atoms with Crippen LogP contribution in [0.2, 0.25) is 0 Å². The Bertz CT molecular complexity index is 631. The third-order valence-electron chi connectivity index (χ3n) is 3.83. The van der Waals surface area contributed by atoms with Gasteiger partial charge >= 0.3 is 0 Å². The average molecular weight is 317 g/mol. The average Bonchev–Trinajstić information content (AvgIpc) is 3.01. The van der Waals surface area contributed by atoms with Crippen molar-refractivity contribution in [3.8, 4) is 11.3 Å². The number of carbonyl (C=O) groups excluding carboxylic acids is 1. The minimum Gasteiger partial charge on any atom is -0.451 e. The lowest BCUT2D eigenvalue weighted by atomic mass is 10.2. The largest absolute Gasteiger partial charge is 0.451 e. The van der Waals surface area contributed by atoms with Crippen LogP contribution in [0.1, 0.15) is 50.6 Å². The minimum absolute atomic E-state index is 0.0931. The molecule has 2 rings (SSSR count). The van der Waals surface area contributed by atoms with Gasteiger partial charge in [-0.15, -0.1) is 0 Å². The molecule has 1 amide bonds. The monoisotopic (exact) mass is 317 g/mol. The van der Waals surface area contributed by atoms with Crippen LogP contribution in [0.3, 0.4) is 0 Å². The molecule has 0 radical (unpaired) electrons. The van der Waals surface area contributed by atoms with E-state index in [9.17, 15) is 9.18 Å². The summed E-state index contributed by atoms with van der Waals surface area (Å²) < 4.78 is 18.7. The van der Waals surface area contributed by atoms with E-state index in [-0.39, 0.29) is 17.8 Å². The lowest BCUT2D eigenvalue weighted by molar-refractivity contribution is 0.0670. The fraction of sp³-hybridized carbons (Fsp3) is 0.421. The minimum atomic E-state index is -0.293. The summed E-state index contributed by atoms with van der Waals surface area (Å²) in [6.07, 6.45) is 3.22. The molecule has 0 aliphatic rings. The zero-order chi connectivity index (χ0) is 16.8. The third-order valence-corrected chi connectivity index (χ3v) is 3.83. The molecule has 0 saturated heterocycles. The topological polar surface area (TPSA) is 33.5 Å². The predicted molar refractivity (Wildman–Crippen MR) is 89.8 cm³/mol. The molecule has 0 unspecified atom stereocenters. The highest BCUT2D eigenvalue weighted by molar-refractivity contribution is 5.92. The Balaban J connectivity index is 2.13.